The van der Waals surface area contributed by atoms with E-state index in [0.29, 0.717) is 11.1 Å². The third-order valence-electron chi connectivity index (χ3n) is 8.89. The van der Waals surface area contributed by atoms with Crippen molar-refractivity contribution < 1.29 is 9.59 Å². The fraction of sp³-hybridized carbons (Fsp3) is 0.467. The van der Waals surface area contributed by atoms with Crippen LogP contribution in [0.1, 0.15) is 70.6 Å². The smallest absolute Gasteiger partial charge is 0.271 e. The summed E-state index contributed by atoms with van der Waals surface area (Å²) in [6.07, 6.45) is 11.4. The van der Waals surface area contributed by atoms with Gasteiger partial charge in [0.25, 0.3) is 11.8 Å². The van der Waals surface area contributed by atoms with Crippen molar-refractivity contribution in [1.29, 1.82) is 5.26 Å². The minimum atomic E-state index is -0.506. The lowest BCUT2D eigenvalue weighted by Gasteiger charge is -2.56. The second-order valence-corrected chi connectivity index (χ2v) is 11.7. The third-order valence-corrected chi connectivity index (χ3v) is 8.89. The molecule has 6 nitrogen and oxygen atoms in total. The predicted octanol–water partition coefficient (Wildman–Crippen LogP) is 5.34. The van der Waals surface area contributed by atoms with E-state index >= 15 is 0 Å². The Morgan fingerprint density at radius 1 is 1.03 bits per heavy atom. The van der Waals surface area contributed by atoms with Crippen molar-refractivity contribution in [2.45, 2.75) is 70.8 Å². The molecule has 2 aromatic rings. The Morgan fingerprint density at radius 2 is 1.64 bits per heavy atom. The van der Waals surface area contributed by atoms with E-state index in [9.17, 15) is 14.9 Å². The van der Waals surface area contributed by atoms with Gasteiger partial charge in [-0.05, 0) is 101 Å². The molecule has 4 bridgehead atoms. The van der Waals surface area contributed by atoms with E-state index in [1.54, 1.807) is 20.8 Å². The summed E-state index contributed by atoms with van der Waals surface area (Å²) in [4.78, 5) is 27.7. The Balaban J connectivity index is 1.53. The Labute approximate surface area is 212 Å². The molecule has 2 amide bonds. The lowest BCUT2D eigenvalue weighted by atomic mass is 9.48. The maximum absolute atomic E-state index is 13.6. The zero-order chi connectivity index (χ0) is 25.2. The van der Waals surface area contributed by atoms with Gasteiger partial charge in [0.05, 0.1) is 11.4 Å². The molecule has 4 saturated carbocycles. The minimum absolute atomic E-state index is 0.0299. The molecule has 0 saturated heterocycles. The first-order chi connectivity index (χ1) is 17.3. The average molecular weight is 481 g/mol. The minimum Gasteiger partial charge on any atom is -0.271 e. The Morgan fingerprint density at radius 3 is 2.19 bits per heavy atom. The number of amides is 2. The van der Waals surface area contributed by atoms with E-state index in [2.05, 4.69) is 6.07 Å². The predicted molar refractivity (Wildman–Crippen MR) is 137 cm³/mol. The van der Waals surface area contributed by atoms with E-state index in [4.69, 9.17) is 5.10 Å². The number of carbonyl (C=O) groups is 2. The van der Waals surface area contributed by atoms with Crippen LogP contribution >= 0.6 is 0 Å². The highest BCUT2D eigenvalue weighted by Gasteiger charge is 2.53. The van der Waals surface area contributed by atoms with Gasteiger partial charge in [-0.3, -0.25) is 14.5 Å². The van der Waals surface area contributed by atoms with E-state index in [0.717, 1.165) is 54.0 Å². The molecule has 0 unspecified atom stereocenters. The van der Waals surface area contributed by atoms with Gasteiger partial charge in [-0.25, -0.2) is 4.68 Å². The molecule has 1 aliphatic heterocycles. The van der Waals surface area contributed by atoms with Crippen molar-refractivity contribution in [3.8, 4) is 11.8 Å². The number of benzene rings is 1. The van der Waals surface area contributed by atoms with Crippen LogP contribution in [-0.2, 0) is 15.0 Å². The summed E-state index contributed by atoms with van der Waals surface area (Å²) >= 11 is 0. The van der Waals surface area contributed by atoms with Gasteiger partial charge in [-0.1, -0.05) is 18.2 Å². The van der Waals surface area contributed by atoms with Crippen LogP contribution in [0.5, 0.6) is 0 Å². The fourth-order valence-corrected chi connectivity index (χ4v) is 7.74. The summed E-state index contributed by atoms with van der Waals surface area (Å²) < 4.78 is 1.93. The van der Waals surface area contributed by atoms with Crippen LogP contribution in [0.3, 0.4) is 0 Å². The monoisotopic (exact) mass is 480 g/mol. The molecule has 5 aliphatic rings. The van der Waals surface area contributed by atoms with Crippen LogP contribution in [0.15, 0.2) is 53.2 Å². The second kappa shape index (κ2) is 8.30. The molecule has 0 atom stereocenters. The molecule has 4 aliphatic carbocycles. The molecular weight excluding hydrogens is 448 g/mol. The van der Waals surface area contributed by atoms with Crippen LogP contribution in [0.4, 0.5) is 0 Å². The van der Waals surface area contributed by atoms with Crippen LogP contribution < -0.4 is 0 Å². The van der Waals surface area contributed by atoms with Crippen LogP contribution in [0.2, 0.25) is 0 Å². The number of imide groups is 1. The normalized spacial score (nSPS) is 30.6. The van der Waals surface area contributed by atoms with Gasteiger partial charge in [0.2, 0.25) is 0 Å². The van der Waals surface area contributed by atoms with E-state index in [-0.39, 0.29) is 22.9 Å². The topological polar surface area (TPSA) is 79.0 Å². The Bertz CT molecular complexity index is 1320. The van der Waals surface area contributed by atoms with Crippen molar-refractivity contribution in [2.24, 2.45) is 17.8 Å². The van der Waals surface area contributed by atoms with Gasteiger partial charge in [-0.2, -0.15) is 10.4 Å². The molecule has 4 fully saturated rings. The quantitative estimate of drug-likeness (QED) is 0.437. The average Bonchev–Trinajstić information content (AvgIpc) is 3.27. The Kier molecular flexibility index (Phi) is 5.29. The second-order valence-electron chi connectivity index (χ2n) is 11.7. The maximum Gasteiger partial charge on any atom is 0.271 e. The summed E-state index contributed by atoms with van der Waals surface area (Å²) in [7, 11) is 0. The zero-order valence-electron chi connectivity index (χ0n) is 21.2. The lowest BCUT2D eigenvalue weighted by molar-refractivity contribution is -0.142. The first-order valence-corrected chi connectivity index (χ1v) is 13.2. The van der Waals surface area contributed by atoms with Gasteiger partial charge < -0.3 is 0 Å². The molecule has 1 aromatic carbocycles. The molecule has 0 radical (unpaired) electrons. The molecule has 1 aromatic heterocycles. The molecule has 2 heterocycles. The van der Waals surface area contributed by atoms with Crippen LogP contribution in [-0.4, -0.2) is 32.5 Å². The highest BCUT2D eigenvalue weighted by Crippen LogP contribution is 2.61. The molecule has 7 rings (SSSR count). The SMILES string of the molecule is CC1=C(C#N)C(=O)N(C(C)C)C(=O)/C1=C/c1cn(-c2ccccc2)nc1C12CC3CC(CC(C3)C1)C2. The van der Waals surface area contributed by atoms with Gasteiger partial charge in [0, 0.05) is 28.8 Å². The van der Waals surface area contributed by atoms with Crippen molar-refractivity contribution >= 4 is 17.9 Å². The highest BCUT2D eigenvalue weighted by atomic mass is 16.2. The largest absolute Gasteiger partial charge is 0.271 e. The number of aromatic nitrogens is 2. The summed E-state index contributed by atoms with van der Waals surface area (Å²) in [6.45, 7) is 5.32. The van der Waals surface area contributed by atoms with Gasteiger partial charge in [0.15, 0.2) is 0 Å². The number of para-hydroxylation sites is 1. The molecular formula is C30H32N4O2. The summed E-state index contributed by atoms with van der Waals surface area (Å²) in [6, 6.07) is 11.8. The van der Waals surface area contributed by atoms with Gasteiger partial charge >= 0.3 is 0 Å². The fourth-order valence-electron chi connectivity index (χ4n) is 7.74. The van der Waals surface area contributed by atoms with Crippen molar-refractivity contribution in [3.05, 3.63) is 64.5 Å². The molecule has 36 heavy (non-hydrogen) atoms. The summed E-state index contributed by atoms with van der Waals surface area (Å²) in [5.74, 6) is 1.44. The van der Waals surface area contributed by atoms with Gasteiger partial charge in [-0.15, -0.1) is 0 Å². The van der Waals surface area contributed by atoms with Crippen LogP contribution in [0, 0.1) is 29.1 Å². The summed E-state index contributed by atoms with van der Waals surface area (Å²) in [5.41, 5.74) is 3.92. The molecule has 0 N–H and O–H groups in total. The van der Waals surface area contributed by atoms with Gasteiger partial charge in [0.1, 0.15) is 11.6 Å². The molecule has 184 valence electrons. The first kappa shape index (κ1) is 23.0. The van der Waals surface area contributed by atoms with Crippen molar-refractivity contribution in [3.63, 3.8) is 0 Å². The standard InChI is InChI=1S/C30H32N4O2/c1-18(2)34-28(35)25(19(3)26(16-31)29(34)36)12-23-17-33(24-7-5-4-6-8-24)32-27(23)30-13-20-9-21(14-30)11-22(10-20)15-30/h4-8,12,17-18,20-22H,9-11,13-15H2,1-3H3/b25-12+. The lowest BCUT2D eigenvalue weighted by Crippen LogP contribution is -2.49. The number of carbonyl (C=O) groups excluding carboxylic acids is 2. The van der Waals surface area contributed by atoms with E-state index in [1.807, 2.05) is 47.3 Å². The number of nitriles is 1. The third kappa shape index (κ3) is 3.48. The number of hydrogen-bond donors (Lipinski definition) is 0. The maximum atomic E-state index is 13.6. The molecule has 0 spiro atoms. The summed E-state index contributed by atoms with van der Waals surface area (Å²) in [5, 5.41) is 14.9. The number of hydrogen-bond acceptors (Lipinski definition) is 4. The van der Waals surface area contributed by atoms with Crippen molar-refractivity contribution in [2.75, 3.05) is 0 Å². The highest BCUT2D eigenvalue weighted by molar-refractivity contribution is 6.19. The van der Waals surface area contributed by atoms with E-state index < -0.39 is 5.91 Å². The van der Waals surface area contributed by atoms with Crippen molar-refractivity contribution in [1.82, 2.24) is 14.7 Å². The molecule has 6 heteroatoms. The first-order valence-electron chi connectivity index (χ1n) is 13.2. The number of rotatable bonds is 4. The van der Waals surface area contributed by atoms with E-state index in [1.165, 1.54) is 24.2 Å². The zero-order valence-corrected chi connectivity index (χ0v) is 21.2. The number of nitrogens with zero attached hydrogens (tertiary/aromatic N) is 4. The Hall–Kier alpha value is -3.46. The van der Waals surface area contributed by atoms with Crippen LogP contribution in [0.25, 0.3) is 11.8 Å².